The molecule has 0 unspecified atom stereocenters. The number of carbonyl (C=O) groups excluding carboxylic acids is 1. The van der Waals surface area contributed by atoms with Crippen molar-refractivity contribution in [2.45, 2.75) is 6.61 Å². The molecule has 2 aromatic heterocycles. The van der Waals surface area contributed by atoms with Gasteiger partial charge >= 0.3 is 5.97 Å². The molecule has 0 aliphatic carbocycles. The molecule has 0 radical (unpaired) electrons. The Morgan fingerprint density at radius 2 is 2.13 bits per heavy atom. The molecule has 3 aromatic rings. The van der Waals surface area contributed by atoms with Crippen LogP contribution in [0.3, 0.4) is 0 Å². The first-order valence-corrected chi connectivity index (χ1v) is 7.06. The van der Waals surface area contributed by atoms with E-state index in [0.717, 1.165) is 0 Å². The van der Waals surface area contributed by atoms with Crippen molar-refractivity contribution >= 4 is 23.6 Å². The molecular formula is C16H11ClN2O4. The summed E-state index contributed by atoms with van der Waals surface area (Å²) in [6, 6.07) is 10.6. The highest BCUT2D eigenvalue weighted by Gasteiger charge is 2.12. The van der Waals surface area contributed by atoms with Gasteiger partial charge in [0, 0.05) is 11.6 Å². The summed E-state index contributed by atoms with van der Waals surface area (Å²) in [5.41, 5.74) is 0.646. The van der Waals surface area contributed by atoms with Gasteiger partial charge in [0.2, 0.25) is 5.82 Å². The van der Waals surface area contributed by atoms with Crippen molar-refractivity contribution in [2.75, 3.05) is 0 Å². The van der Waals surface area contributed by atoms with Gasteiger partial charge in [0.15, 0.2) is 6.61 Å². The van der Waals surface area contributed by atoms with Crippen molar-refractivity contribution < 1.29 is 18.5 Å². The Kier molecular flexibility index (Phi) is 4.54. The zero-order chi connectivity index (χ0) is 16.1. The maximum Gasteiger partial charge on any atom is 0.331 e. The summed E-state index contributed by atoms with van der Waals surface area (Å²) >= 11 is 6.06. The molecule has 7 heteroatoms. The number of hydrogen-bond donors (Lipinski definition) is 0. The van der Waals surface area contributed by atoms with Crippen molar-refractivity contribution in [3.63, 3.8) is 0 Å². The SMILES string of the molecule is O=C(/C=C/c1ccco1)OCc1nc(-c2ccccc2Cl)no1. The summed E-state index contributed by atoms with van der Waals surface area (Å²) in [5.74, 6) is 0.534. The standard InChI is InChI=1S/C16H11ClN2O4/c17-13-6-2-1-5-12(13)16-18-14(23-19-16)10-22-15(20)8-7-11-4-3-9-21-11/h1-9H,10H2/b8-7+. The summed E-state index contributed by atoms with van der Waals surface area (Å²) in [7, 11) is 0. The Morgan fingerprint density at radius 1 is 1.26 bits per heavy atom. The Hall–Kier alpha value is -2.86. The molecule has 0 spiro atoms. The molecular weight excluding hydrogens is 320 g/mol. The van der Waals surface area contributed by atoms with E-state index in [0.29, 0.717) is 22.2 Å². The van der Waals surface area contributed by atoms with Crippen LogP contribution in [-0.2, 0) is 16.1 Å². The summed E-state index contributed by atoms with van der Waals surface area (Å²) in [6.07, 6.45) is 4.27. The fraction of sp³-hybridized carbons (Fsp3) is 0.0625. The number of benzene rings is 1. The van der Waals surface area contributed by atoms with Crippen molar-refractivity contribution in [3.8, 4) is 11.4 Å². The van der Waals surface area contributed by atoms with Gasteiger partial charge in [0.1, 0.15) is 5.76 Å². The lowest BCUT2D eigenvalue weighted by atomic mass is 10.2. The quantitative estimate of drug-likeness (QED) is 0.524. The van der Waals surface area contributed by atoms with Gasteiger partial charge in [-0.1, -0.05) is 28.9 Å². The molecule has 0 saturated carbocycles. The molecule has 23 heavy (non-hydrogen) atoms. The first kappa shape index (κ1) is 15.1. The Labute approximate surface area is 136 Å². The van der Waals surface area contributed by atoms with E-state index >= 15 is 0 Å². The summed E-state index contributed by atoms with van der Waals surface area (Å²) < 4.78 is 15.1. The molecule has 0 saturated heterocycles. The van der Waals surface area contributed by atoms with Crippen LogP contribution >= 0.6 is 11.6 Å². The van der Waals surface area contributed by atoms with Crippen LogP contribution in [0.15, 0.2) is 57.7 Å². The van der Waals surface area contributed by atoms with Crippen LogP contribution in [0.4, 0.5) is 0 Å². The van der Waals surface area contributed by atoms with Crippen molar-refractivity contribution in [2.24, 2.45) is 0 Å². The number of hydrogen-bond acceptors (Lipinski definition) is 6. The van der Waals surface area contributed by atoms with E-state index < -0.39 is 5.97 Å². The third-order valence-electron chi connectivity index (χ3n) is 2.85. The summed E-state index contributed by atoms with van der Waals surface area (Å²) in [5, 5.41) is 4.33. The number of carbonyl (C=O) groups is 1. The average Bonchev–Trinajstić information content (AvgIpc) is 3.23. The van der Waals surface area contributed by atoms with Crippen molar-refractivity contribution in [1.82, 2.24) is 10.1 Å². The number of esters is 1. The molecule has 0 fully saturated rings. The van der Waals surface area contributed by atoms with Gasteiger partial charge in [0.25, 0.3) is 5.89 Å². The zero-order valence-electron chi connectivity index (χ0n) is 11.8. The molecule has 3 rings (SSSR count). The monoisotopic (exact) mass is 330 g/mol. The fourth-order valence-electron chi connectivity index (χ4n) is 1.78. The first-order chi connectivity index (χ1) is 11.2. The van der Waals surface area contributed by atoms with Crippen LogP contribution < -0.4 is 0 Å². The highest BCUT2D eigenvalue weighted by Crippen LogP contribution is 2.24. The van der Waals surface area contributed by atoms with Gasteiger partial charge < -0.3 is 13.7 Å². The second-order valence-electron chi connectivity index (χ2n) is 4.45. The molecule has 2 heterocycles. The van der Waals surface area contributed by atoms with E-state index in [-0.39, 0.29) is 12.5 Å². The summed E-state index contributed by atoms with van der Waals surface area (Å²) in [4.78, 5) is 15.7. The van der Waals surface area contributed by atoms with E-state index in [2.05, 4.69) is 10.1 Å². The molecule has 116 valence electrons. The Morgan fingerprint density at radius 3 is 2.91 bits per heavy atom. The molecule has 1 aromatic carbocycles. The molecule has 0 amide bonds. The van der Waals surface area contributed by atoms with Crippen LogP contribution in [0.5, 0.6) is 0 Å². The molecule has 0 aliphatic heterocycles. The van der Waals surface area contributed by atoms with E-state index in [1.54, 1.807) is 30.3 Å². The van der Waals surface area contributed by atoms with Gasteiger partial charge in [-0.05, 0) is 30.3 Å². The van der Waals surface area contributed by atoms with Crippen LogP contribution in [-0.4, -0.2) is 16.1 Å². The van der Waals surface area contributed by atoms with E-state index in [9.17, 15) is 4.79 Å². The first-order valence-electron chi connectivity index (χ1n) is 6.68. The van der Waals surface area contributed by atoms with Crippen molar-refractivity contribution in [1.29, 1.82) is 0 Å². The lowest BCUT2D eigenvalue weighted by molar-refractivity contribution is -0.139. The second-order valence-corrected chi connectivity index (χ2v) is 4.86. The smallest absolute Gasteiger partial charge is 0.331 e. The van der Waals surface area contributed by atoms with Crippen molar-refractivity contribution in [3.05, 3.63) is 65.4 Å². The maximum atomic E-state index is 11.6. The highest BCUT2D eigenvalue weighted by molar-refractivity contribution is 6.33. The predicted molar refractivity (Wildman–Crippen MR) is 82.3 cm³/mol. The summed E-state index contributed by atoms with van der Waals surface area (Å²) in [6.45, 7) is -0.126. The van der Waals surface area contributed by atoms with Crippen LogP contribution in [0.25, 0.3) is 17.5 Å². The molecule has 6 nitrogen and oxygen atoms in total. The number of furan rings is 1. The Bertz CT molecular complexity index is 824. The van der Waals surface area contributed by atoms with Gasteiger partial charge in [-0.15, -0.1) is 0 Å². The number of ether oxygens (including phenoxy) is 1. The second kappa shape index (κ2) is 6.93. The van der Waals surface area contributed by atoms with Gasteiger partial charge in [-0.25, -0.2) is 4.79 Å². The van der Waals surface area contributed by atoms with Gasteiger partial charge in [-0.2, -0.15) is 4.98 Å². The largest absolute Gasteiger partial charge is 0.465 e. The van der Waals surface area contributed by atoms with Gasteiger partial charge in [-0.3, -0.25) is 0 Å². The minimum absolute atomic E-state index is 0.126. The van der Waals surface area contributed by atoms with Crippen LogP contribution in [0, 0.1) is 0 Å². The fourth-order valence-corrected chi connectivity index (χ4v) is 2.00. The van der Waals surface area contributed by atoms with E-state index in [1.807, 2.05) is 6.07 Å². The average molecular weight is 331 g/mol. The number of nitrogens with zero attached hydrogens (tertiary/aromatic N) is 2. The molecule has 0 atom stereocenters. The highest BCUT2D eigenvalue weighted by atomic mass is 35.5. The normalized spacial score (nSPS) is 11.0. The van der Waals surface area contributed by atoms with Gasteiger partial charge in [0.05, 0.1) is 11.3 Å². The number of aromatic nitrogens is 2. The minimum Gasteiger partial charge on any atom is -0.465 e. The molecule has 0 aliphatic rings. The van der Waals surface area contributed by atoms with E-state index in [4.69, 9.17) is 25.3 Å². The van der Waals surface area contributed by atoms with Crippen LogP contribution in [0.1, 0.15) is 11.7 Å². The third-order valence-corrected chi connectivity index (χ3v) is 3.18. The third kappa shape index (κ3) is 3.87. The topological polar surface area (TPSA) is 78.4 Å². The lowest BCUT2D eigenvalue weighted by Gasteiger charge is -1.97. The minimum atomic E-state index is -0.543. The predicted octanol–water partition coefficient (Wildman–Crippen LogP) is 3.74. The lowest BCUT2D eigenvalue weighted by Crippen LogP contribution is -2.00. The number of halogens is 1. The maximum absolute atomic E-state index is 11.6. The van der Waals surface area contributed by atoms with Crippen LogP contribution in [0.2, 0.25) is 5.02 Å². The zero-order valence-corrected chi connectivity index (χ0v) is 12.6. The van der Waals surface area contributed by atoms with E-state index in [1.165, 1.54) is 18.4 Å². The molecule has 0 bridgehead atoms. The Balaban J connectivity index is 1.59. The molecule has 0 N–H and O–H groups in total. The number of rotatable bonds is 5.